The van der Waals surface area contributed by atoms with Gasteiger partial charge in [-0.25, -0.2) is 0 Å². The molecule has 0 saturated carbocycles. The van der Waals surface area contributed by atoms with Gasteiger partial charge in [-0.1, -0.05) is 37.6 Å². The van der Waals surface area contributed by atoms with E-state index in [0.29, 0.717) is 12.0 Å². The van der Waals surface area contributed by atoms with Gasteiger partial charge < -0.3 is 0 Å². The van der Waals surface area contributed by atoms with E-state index in [2.05, 4.69) is 5.43 Å². The highest BCUT2D eigenvalue weighted by Gasteiger charge is 2.53. The number of nitrogens with zero attached hydrogens (tertiary/aromatic N) is 1. The molecular weight excluding hydrogens is 305 g/mol. The van der Waals surface area contributed by atoms with Crippen LogP contribution in [0.1, 0.15) is 57.2 Å². The molecule has 3 nitrogen and oxygen atoms in total. The molecule has 1 atom stereocenters. The van der Waals surface area contributed by atoms with Crippen LogP contribution in [0.5, 0.6) is 0 Å². The SMILES string of the molecule is CCCCc1ccccc1C(N1NC(=O)CC1(C)C)C(F)(F)F. The lowest BCUT2D eigenvalue weighted by Gasteiger charge is -2.38. The molecule has 23 heavy (non-hydrogen) atoms. The Morgan fingerprint density at radius 1 is 1.30 bits per heavy atom. The van der Waals surface area contributed by atoms with Crippen LogP contribution in [0.2, 0.25) is 0 Å². The average molecular weight is 328 g/mol. The minimum absolute atomic E-state index is 0.0523. The van der Waals surface area contributed by atoms with Crippen molar-refractivity contribution in [2.45, 2.75) is 64.2 Å². The van der Waals surface area contributed by atoms with Crippen LogP contribution in [0.25, 0.3) is 0 Å². The molecule has 2 rings (SSSR count). The number of nitrogens with one attached hydrogen (secondary N) is 1. The summed E-state index contributed by atoms with van der Waals surface area (Å²) >= 11 is 0. The molecule has 0 spiro atoms. The third-order valence-corrected chi connectivity index (χ3v) is 4.21. The lowest BCUT2D eigenvalue weighted by atomic mass is 9.92. The molecule has 1 heterocycles. The van der Waals surface area contributed by atoms with Crippen LogP contribution in [-0.2, 0) is 11.2 Å². The summed E-state index contributed by atoms with van der Waals surface area (Å²) < 4.78 is 41.5. The number of rotatable bonds is 5. The minimum atomic E-state index is -4.47. The van der Waals surface area contributed by atoms with E-state index in [0.717, 1.165) is 17.9 Å². The molecule has 1 aliphatic rings. The lowest BCUT2D eigenvalue weighted by Crippen LogP contribution is -2.51. The summed E-state index contributed by atoms with van der Waals surface area (Å²) in [5.74, 6) is -0.379. The first-order valence-electron chi connectivity index (χ1n) is 7.90. The highest BCUT2D eigenvalue weighted by Crippen LogP contribution is 2.43. The van der Waals surface area contributed by atoms with Gasteiger partial charge in [-0.3, -0.25) is 10.2 Å². The number of halogens is 3. The van der Waals surface area contributed by atoms with Crippen LogP contribution in [0.3, 0.4) is 0 Å². The second-order valence-electron chi connectivity index (χ2n) is 6.64. The third-order valence-electron chi connectivity index (χ3n) is 4.21. The molecule has 6 heteroatoms. The summed E-state index contributed by atoms with van der Waals surface area (Å²) in [4.78, 5) is 11.7. The molecule has 1 aliphatic heterocycles. The Balaban J connectivity index is 2.47. The topological polar surface area (TPSA) is 32.3 Å². The predicted octanol–water partition coefficient (Wildman–Crippen LogP) is 4.15. The van der Waals surface area contributed by atoms with E-state index in [1.54, 1.807) is 32.0 Å². The highest BCUT2D eigenvalue weighted by atomic mass is 19.4. The van der Waals surface area contributed by atoms with Crippen LogP contribution in [0, 0.1) is 0 Å². The summed E-state index contributed by atoms with van der Waals surface area (Å²) in [6, 6.07) is 4.81. The average Bonchev–Trinajstić information content (AvgIpc) is 2.69. The van der Waals surface area contributed by atoms with E-state index < -0.39 is 17.8 Å². The Bertz CT molecular complexity index is 569. The molecular formula is C17H23F3N2O. The van der Waals surface area contributed by atoms with Gasteiger partial charge in [0, 0.05) is 12.0 Å². The van der Waals surface area contributed by atoms with E-state index in [4.69, 9.17) is 0 Å². The summed E-state index contributed by atoms with van der Waals surface area (Å²) in [6.45, 7) is 5.31. The number of carbonyl (C=O) groups excluding carboxylic acids is 1. The number of unbranched alkanes of at least 4 members (excludes halogenated alkanes) is 1. The zero-order chi connectivity index (χ0) is 17.3. The number of carbonyl (C=O) groups is 1. The smallest absolute Gasteiger partial charge is 0.287 e. The maximum Gasteiger partial charge on any atom is 0.409 e. The number of hydrogen-bond donors (Lipinski definition) is 1. The Morgan fingerprint density at radius 2 is 1.96 bits per heavy atom. The maximum absolute atomic E-state index is 13.8. The molecule has 1 aromatic rings. The Hall–Kier alpha value is -1.56. The van der Waals surface area contributed by atoms with Gasteiger partial charge in [-0.2, -0.15) is 18.2 Å². The van der Waals surface area contributed by atoms with Crippen LogP contribution >= 0.6 is 0 Å². The molecule has 1 N–H and O–H groups in total. The molecule has 0 bridgehead atoms. The van der Waals surface area contributed by atoms with Crippen LogP contribution in [0.15, 0.2) is 24.3 Å². The Morgan fingerprint density at radius 3 is 2.48 bits per heavy atom. The quantitative estimate of drug-likeness (QED) is 0.881. The first-order valence-corrected chi connectivity index (χ1v) is 7.90. The van der Waals surface area contributed by atoms with Crippen LogP contribution in [0.4, 0.5) is 13.2 Å². The largest absolute Gasteiger partial charge is 0.409 e. The van der Waals surface area contributed by atoms with Crippen molar-refractivity contribution in [1.82, 2.24) is 10.4 Å². The van der Waals surface area contributed by atoms with Gasteiger partial charge >= 0.3 is 6.18 Å². The molecule has 0 aliphatic carbocycles. The van der Waals surface area contributed by atoms with Crippen molar-refractivity contribution >= 4 is 5.91 Å². The normalized spacial score (nSPS) is 19.7. The molecule has 128 valence electrons. The van der Waals surface area contributed by atoms with Crippen molar-refractivity contribution in [3.05, 3.63) is 35.4 Å². The van der Waals surface area contributed by atoms with E-state index in [1.807, 2.05) is 6.92 Å². The molecule has 1 aromatic carbocycles. The van der Waals surface area contributed by atoms with E-state index in [9.17, 15) is 18.0 Å². The summed E-state index contributed by atoms with van der Waals surface area (Å²) in [6.07, 6.45) is -2.08. The van der Waals surface area contributed by atoms with Gasteiger partial charge in [0.25, 0.3) is 0 Å². The number of hydrazine groups is 1. The molecule has 1 amide bonds. The summed E-state index contributed by atoms with van der Waals surface area (Å²) in [5, 5.41) is 1.07. The van der Waals surface area contributed by atoms with Crippen molar-refractivity contribution in [2.75, 3.05) is 0 Å². The van der Waals surface area contributed by atoms with Gasteiger partial charge in [-0.15, -0.1) is 0 Å². The van der Waals surface area contributed by atoms with E-state index in [-0.39, 0.29) is 17.9 Å². The third kappa shape index (κ3) is 3.86. The molecule has 0 radical (unpaired) electrons. The van der Waals surface area contributed by atoms with Gasteiger partial charge in [0.05, 0.1) is 0 Å². The Labute approximate surface area is 134 Å². The van der Waals surface area contributed by atoms with Crippen molar-refractivity contribution < 1.29 is 18.0 Å². The number of alkyl halides is 3. The fourth-order valence-electron chi connectivity index (χ4n) is 3.07. The van der Waals surface area contributed by atoms with Gasteiger partial charge in [0.1, 0.15) is 0 Å². The molecule has 1 fully saturated rings. The van der Waals surface area contributed by atoms with E-state index >= 15 is 0 Å². The zero-order valence-electron chi connectivity index (χ0n) is 13.7. The van der Waals surface area contributed by atoms with Crippen LogP contribution in [-0.4, -0.2) is 22.6 Å². The number of hydrogen-bond acceptors (Lipinski definition) is 2. The molecule has 0 aromatic heterocycles. The van der Waals surface area contributed by atoms with Gasteiger partial charge in [0.2, 0.25) is 5.91 Å². The summed E-state index contributed by atoms with van der Waals surface area (Å²) in [5.41, 5.74) is 2.43. The van der Waals surface area contributed by atoms with Crippen molar-refractivity contribution in [3.63, 3.8) is 0 Å². The summed E-state index contributed by atoms with van der Waals surface area (Å²) in [7, 11) is 0. The highest BCUT2D eigenvalue weighted by molar-refractivity contribution is 5.79. The molecule has 1 unspecified atom stereocenters. The number of amides is 1. The van der Waals surface area contributed by atoms with Crippen molar-refractivity contribution in [3.8, 4) is 0 Å². The van der Waals surface area contributed by atoms with Crippen molar-refractivity contribution in [1.29, 1.82) is 0 Å². The van der Waals surface area contributed by atoms with E-state index in [1.165, 1.54) is 6.07 Å². The van der Waals surface area contributed by atoms with Gasteiger partial charge in [-0.05, 0) is 37.8 Å². The van der Waals surface area contributed by atoms with Gasteiger partial charge in [0.15, 0.2) is 6.04 Å². The fourth-order valence-corrected chi connectivity index (χ4v) is 3.07. The maximum atomic E-state index is 13.8. The second-order valence-corrected chi connectivity index (χ2v) is 6.64. The Kier molecular flexibility index (Phi) is 5.04. The second kappa shape index (κ2) is 6.51. The monoisotopic (exact) mass is 328 g/mol. The zero-order valence-corrected chi connectivity index (χ0v) is 13.7. The molecule has 1 saturated heterocycles. The number of aryl methyl sites for hydroxylation is 1. The van der Waals surface area contributed by atoms with Crippen LogP contribution < -0.4 is 5.43 Å². The first-order chi connectivity index (χ1) is 10.7. The fraction of sp³-hybridized carbons (Fsp3) is 0.588. The van der Waals surface area contributed by atoms with Crippen molar-refractivity contribution in [2.24, 2.45) is 0 Å². The lowest BCUT2D eigenvalue weighted by molar-refractivity contribution is -0.204. The minimum Gasteiger partial charge on any atom is -0.287 e. The number of benzene rings is 1. The predicted molar refractivity (Wildman–Crippen MR) is 82.5 cm³/mol. The standard InChI is InChI=1S/C17H23F3N2O/c1-4-5-8-12-9-6-7-10-13(12)15(17(18,19)20)22-16(2,3)11-14(23)21-22/h6-7,9-10,15H,4-5,8,11H2,1-3H3,(H,21,23). The first kappa shape index (κ1) is 17.8.